The molecule has 5 nitrogen and oxygen atoms in total. The number of pyridine rings is 1. The Labute approximate surface area is 144 Å². The van der Waals surface area contributed by atoms with Gasteiger partial charge in [-0.05, 0) is 19.1 Å². The van der Waals surface area contributed by atoms with E-state index in [9.17, 15) is 5.26 Å². The van der Waals surface area contributed by atoms with Crippen molar-refractivity contribution in [3.63, 3.8) is 0 Å². The van der Waals surface area contributed by atoms with Gasteiger partial charge in [-0.1, -0.05) is 6.07 Å². The maximum Gasteiger partial charge on any atom is 0.123 e. The summed E-state index contributed by atoms with van der Waals surface area (Å²) in [6.07, 6.45) is 4.08. The Morgan fingerprint density at radius 3 is 3.17 bits per heavy atom. The van der Waals surface area contributed by atoms with E-state index in [1.807, 2.05) is 35.7 Å². The second-order valence-electron chi connectivity index (χ2n) is 6.06. The van der Waals surface area contributed by atoms with Gasteiger partial charge in [-0.3, -0.25) is 4.90 Å². The Bertz CT molecular complexity index is 907. The Balaban J connectivity index is 1.56. The summed E-state index contributed by atoms with van der Waals surface area (Å²) in [5, 5.41) is 12.7. The van der Waals surface area contributed by atoms with Crippen molar-refractivity contribution in [1.29, 1.82) is 5.26 Å². The lowest BCUT2D eigenvalue weighted by atomic mass is 10.1. The molecule has 0 aliphatic carbocycles. The van der Waals surface area contributed by atoms with Gasteiger partial charge in [0.25, 0.3) is 0 Å². The van der Waals surface area contributed by atoms with E-state index >= 15 is 0 Å². The summed E-state index contributed by atoms with van der Waals surface area (Å²) in [6.45, 7) is 5.14. The molecule has 0 aromatic carbocycles. The standard InChI is InChI=1S/C18H18N4OS/c1-13-12-24-18(20-13)17-11-21(6-7-23-17)9-14-10-22-5-3-2-4-16(22)15(14)8-19/h2-5,10,12,17H,6-7,9,11H2,1H3/t17-/m0/s1. The van der Waals surface area contributed by atoms with Crippen molar-refractivity contribution in [2.24, 2.45) is 0 Å². The summed E-state index contributed by atoms with van der Waals surface area (Å²) in [5.41, 5.74) is 3.85. The molecule has 4 rings (SSSR count). The quantitative estimate of drug-likeness (QED) is 0.736. The predicted molar refractivity (Wildman–Crippen MR) is 92.9 cm³/mol. The minimum Gasteiger partial charge on any atom is -0.368 e. The molecule has 4 heterocycles. The van der Waals surface area contributed by atoms with Crippen molar-refractivity contribution in [2.75, 3.05) is 19.7 Å². The number of nitriles is 1. The van der Waals surface area contributed by atoms with E-state index in [2.05, 4.69) is 27.5 Å². The van der Waals surface area contributed by atoms with Crippen LogP contribution in [0.4, 0.5) is 0 Å². The topological polar surface area (TPSA) is 53.6 Å². The molecule has 0 bridgehead atoms. The first-order chi connectivity index (χ1) is 11.7. The zero-order chi connectivity index (χ0) is 16.5. The summed E-state index contributed by atoms with van der Waals surface area (Å²) in [5.74, 6) is 0. The van der Waals surface area contributed by atoms with E-state index < -0.39 is 0 Å². The molecule has 0 spiro atoms. The molecule has 6 heteroatoms. The van der Waals surface area contributed by atoms with Gasteiger partial charge in [0.15, 0.2) is 0 Å². The molecule has 0 radical (unpaired) electrons. The Morgan fingerprint density at radius 1 is 1.46 bits per heavy atom. The third-order valence-electron chi connectivity index (χ3n) is 4.33. The number of morpholine rings is 1. The van der Waals surface area contributed by atoms with Crippen LogP contribution < -0.4 is 0 Å². The third-order valence-corrected chi connectivity index (χ3v) is 5.39. The smallest absolute Gasteiger partial charge is 0.123 e. The van der Waals surface area contributed by atoms with E-state index in [1.165, 1.54) is 0 Å². The van der Waals surface area contributed by atoms with Gasteiger partial charge >= 0.3 is 0 Å². The van der Waals surface area contributed by atoms with Gasteiger partial charge in [0.05, 0.1) is 17.7 Å². The highest BCUT2D eigenvalue weighted by molar-refractivity contribution is 7.09. The molecular formula is C18H18N4OS. The lowest BCUT2D eigenvalue weighted by Gasteiger charge is -2.31. The highest BCUT2D eigenvalue weighted by atomic mass is 32.1. The molecule has 24 heavy (non-hydrogen) atoms. The number of hydrogen-bond donors (Lipinski definition) is 0. The Morgan fingerprint density at radius 2 is 2.38 bits per heavy atom. The van der Waals surface area contributed by atoms with Gasteiger partial charge in [-0.25, -0.2) is 4.98 Å². The molecule has 1 aliphatic heterocycles. The number of fused-ring (bicyclic) bond motifs is 1. The van der Waals surface area contributed by atoms with E-state index in [-0.39, 0.29) is 6.10 Å². The van der Waals surface area contributed by atoms with E-state index in [1.54, 1.807) is 11.3 Å². The van der Waals surface area contributed by atoms with Crippen molar-refractivity contribution in [2.45, 2.75) is 19.6 Å². The van der Waals surface area contributed by atoms with Crippen LogP contribution in [-0.2, 0) is 11.3 Å². The van der Waals surface area contributed by atoms with Gasteiger partial charge in [-0.2, -0.15) is 5.26 Å². The van der Waals surface area contributed by atoms with Crippen molar-refractivity contribution >= 4 is 16.9 Å². The average Bonchev–Trinajstić information content (AvgIpc) is 3.18. The number of aryl methyl sites for hydroxylation is 1. The highest BCUT2D eigenvalue weighted by Crippen LogP contribution is 2.27. The SMILES string of the molecule is Cc1csc([C@@H]2CN(Cc3cn4ccccc4c3C#N)CCO2)n1. The van der Waals surface area contributed by atoms with E-state index in [0.717, 1.165) is 47.0 Å². The minimum atomic E-state index is 0.0278. The zero-order valence-corrected chi connectivity index (χ0v) is 14.3. The molecule has 1 fully saturated rings. The van der Waals surface area contributed by atoms with Crippen LogP contribution in [-0.4, -0.2) is 34.0 Å². The van der Waals surface area contributed by atoms with Gasteiger partial charge in [-0.15, -0.1) is 11.3 Å². The summed E-state index contributed by atoms with van der Waals surface area (Å²) in [4.78, 5) is 6.90. The maximum atomic E-state index is 9.55. The largest absolute Gasteiger partial charge is 0.368 e. The number of hydrogen-bond acceptors (Lipinski definition) is 5. The van der Waals surface area contributed by atoms with Crippen molar-refractivity contribution < 1.29 is 4.74 Å². The van der Waals surface area contributed by atoms with Crippen LogP contribution in [0.25, 0.3) is 5.52 Å². The van der Waals surface area contributed by atoms with Crippen LogP contribution >= 0.6 is 11.3 Å². The molecule has 1 aliphatic rings. The molecule has 3 aromatic heterocycles. The van der Waals surface area contributed by atoms with Gasteiger partial charge < -0.3 is 9.14 Å². The molecule has 0 N–H and O–H groups in total. The van der Waals surface area contributed by atoms with Gasteiger partial charge in [0.2, 0.25) is 0 Å². The van der Waals surface area contributed by atoms with E-state index in [0.29, 0.717) is 6.61 Å². The zero-order valence-electron chi connectivity index (χ0n) is 13.5. The minimum absolute atomic E-state index is 0.0278. The summed E-state index contributed by atoms with van der Waals surface area (Å²) in [6, 6.07) is 8.30. The lowest BCUT2D eigenvalue weighted by Crippen LogP contribution is -2.37. The summed E-state index contributed by atoms with van der Waals surface area (Å²) >= 11 is 1.66. The molecule has 0 unspecified atom stereocenters. The number of rotatable bonds is 3. The van der Waals surface area contributed by atoms with E-state index in [4.69, 9.17) is 4.74 Å². The number of thiazole rings is 1. The number of aromatic nitrogens is 2. The average molecular weight is 338 g/mol. The first-order valence-corrected chi connectivity index (χ1v) is 8.87. The fraction of sp³-hybridized carbons (Fsp3) is 0.333. The second-order valence-corrected chi connectivity index (χ2v) is 6.95. The number of nitrogens with zero attached hydrogens (tertiary/aromatic N) is 4. The van der Waals surface area contributed by atoms with Crippen molar-refractivity contribution in [3.05, 3.63) is 57.8 Å². The first kappa shape index (κ1) is 15.3. The molecule has 1 saturated heterocycles. The Hall–Kier alpha value is -2.20. The second kappa shape index (κ2) is 6.36. The molecule has 122 valence electrons. The maximum absolute atomic E-state index is 9.55. The molecular weight excluding hydrogens is 320 g/mol. The predicted octanol–water partition coefficient (Wildman–Crippen LogP) is 3.15. The lowest BCUT2D eigenvalue weighted by molar-refractivity contribution is -0.0330. The van der Waals surface area contributed by atoms with Crippen LogP contribution in [0.15, 0.2) is 36.0 Å². The first-order valence-electron chi connectivity index (χ1n) is 7.99. The summed E-state index contributed by atoms with van der Waals surface area (Å²) in [7, 11) is 0. The molecule has 1 atom stereocenters. The normalized spacial score (nSPS) is 18.8. The van der Waals surface area contributed by atoms with Crippen LogP contribution in [0, 0.1) is 18.3 Å². The molecule has 3 aromatic rings. The Kier molecular flexibility index (Phi) is 4.07. The fourth-order valence-electron chi connectivity index (χ4n) is 3.18. The van der Waals surface area contributed by atoms with Gasteiger partial charge in [0, 0.05) is 48.7 Å². The van der Waals surface area contributed by atoms with Crippen LogP contribution in [0.3, 0.4) is 0 Å². The van der Waals surface area contributed by atoms with Crippen LogP contribution in [0.2, 0.25) is 0 Å². The monoisotopic (exact) mass is 338 g/mol. The third kappa shape index (κ3) is 2.82. The molecule has 0 saturated carbocycles. The van der Waals surface area contributed by atoms with Crippen LogP contribution in [0.5, 0.6) is 0 Å². The van der Waals surface area contributed by atoms with Crippen molar-refractivity contribution in [3.8, 4) is 6.07 Å². The molecule has 0 amide bonds. The van der Waals surface area contributed by atoms with Crippen molar-refractivity contribution in [1.82, 2.24) is 14.3 Å². The summed E-state index contributed by atoms with van der Waals surface area (Å²) < 4.78 is 7.92. The highest BCUT2D eigenvalue weighted by Gasteiger charge is 2.25. The van der Waals surface area contributed by atoms with Crippen LogP contribution in [0.1, 0.15) is 27.9 Å². The number of ether oxygens (including phenoxy) is 1. The van der Waals surface area contributed by atoms with Gasteiger partial charge in [0.1, 0.15) is 17.2 Å². The fourth-order valence-corrected chi connectivity index (χ4v) is 4.02.